The molecule has 12 nitrogen and oxygen atoms in total. The highest BCUT2D eigenvalue weighted by Gasteiger charge is 2.35. The minimum Gasteiger partial charge on any atom is -0.454 e. The van der Waals surface area contributed by atoms with Crippen molar-refractivity contribution in [3.63, 3.8) is 0 Å². The minimum absolute atomic E-state index is 0.0924. The lowest BCUT2D eigenvalue weighted by Crippen LogP contribution is -2.59. The van der Waals surface area contributed by atoms with Crippen molar-refractivity contribution in [1.82, 2.24) is 28.8 Å². The minimum atomic E-state index is -0.497. The normalized spacial score (nSPS) is 19.7. The van der Waals surface area contributed by atoms with E-state index in [-0.39, 0.29) is 41.3 Å². The maximum atomic E-state index is 14.3. The van der Waals surface area contributed by atoms with E-state index in [9.17, 15) is 19.2 Å². The molecule has 0 unspecified atom stereocenters. The van der Waals surface area contributed by atoms with Crippen molar-refractivity contribution in [1.29, 1.82) is 5.26 Å². The van der Waals surface area contributed by atoms with E-state index >= 15 is 0 Å². The molecule has 4 aromatic rings. The van der Waals surface area contributed by atoms with Gasteiger partial charge in [0.15, 0.2) is 11.6 Å². The topological polar surface area (TPSA) is 135 Å². The Kier molecular flexibility index (Phi) is 9.17. The Morgan fingerprint density at radius 3 is 2.48 bits per heavy atom. The number of benzene rings is 2. The van der Waals surface area contributed by atoms with Crippen LogP contribution in [0.2, 0.25) is 0 Å². The molecule has 0 radical (unpaired) electrons. The number of piperazine rings is 1. The summed E-state index contributed by atoms with van der Waals surface area (Å²) < 4.78 is 28.4. The van der Waals surface area contributed by atoms with E-state index in [1.807, 2.05) is 13.8 Å². The first-order valence-corrected chi connectivity index (χ1v) is 17.0. The highest BCUT2D eigenvalue weighted by molar-refractivity contribution is 5.97. The van der Waals surface area contributed by atoms with Crippen LogP contribution in [0.4, 0.5) is 10.2 Å². The number of amides is 1. The Morgan fingerprint density at radius 2 is 1.80 bits per heavy atom. The van der Waals surface area contributed by atoms with Crippen molar-refractivity contribution in [2.24, 2.45) is 0 Å². The standard InChI is InChI=1S/C37H41FN8O4/c1-37(2,44-18-16-42(17-19-44)28-23-49-24-28)20-25(21-39)35(47)43-15-5-6-27(22-43)45-31-13-14-41-34(40)33(31)46(36(45)48)26-9-11-29(12-10-26)50-32-8-4-3-7-30(32)38/h3-4,7-14,20,27-28H,5-6,15-19,22-24H2,1-2H3,(H2,40,41)/t27-/m1/s1. The van der Waals surface area contributed by atoms with Crippen molar-refractivity contribution in [2.45, 2.75) is 44.3 Å². The van der Waals surface area contributed by atoms with E-state index in [0.29, 0.717) is 47.9 Å². The van der Waals surface area contributed by atoms with Gasteiger partial charge in [-0.15, -0.1) is 0 Å². The third-order valence-corrected chi connectivity index (χ3v) is 10.1. The molecule has 50 heavy (non-hydrogen) atoms. The number of anilines is 1. The first-order chi connectivity index (χ1) is 24.1. The second kappa shape index (κ2) is 13.7. The van der Waals surface area contributed by atoms with Gasteiger partial charge in [0.1, 0.15) is 28.7 Å². The van der Waals surface area contributed by atoms with Crippen LogP contribution in [0.3, 0.4) is 0 Å². The average Bonchev–Trinajstić information content (AvgIpc) is 3.40. The summed E-state index contributed by atoms with van der Waals surface area (Å²) in [5.41, 5.74) is 7.23. The number of carbonyl (C=O) groups excluding carboxylic acids is 1. The Hall–Kier alpha value is -5.03. The van der Waals surface area contributed by atoms with Crippen molar-refractivity contribution < 1.29 is 18.7 Å². The third-order valence-electron chi connectivity index (χ3n) is 10.1. The van der Waals surface area contributed by atoms with Crippen LogP contribution in [0.1, 0.15) is 32.7 Å². The zero-order valence-electron chi connectivity index (χ0n) is 28.3. The summed E-state index contributed by atoms with van der Waals surface area (Å²) in [5.74, 6) is -0.135. The van der Waals surface area contributed by atoms with Crippen molar-refractivity contribution in [3.05, 3.63) is 88.7 Å². The lowest BCUT2D eigenvalue weighted by atomic mass is 9.96. The van der Waals surface area contributed by atoms with E-state index in [4.69, 9.17) is 15.2 Å². The number of pyridine rings is 1. The Balaban J connectivity index is 1.12. The largest absolute Gasteiger partial charge is 0.454 e. The number of imidazole rings is 1. The Morgan fingerprint density at radius 1 is 1.06 bits per heavy atom. The molecule has 0 spiro atoms. The summed E-state index contributed by atoms with van der Waals surface area (Å²) in [5, 5.41) is 10.2. The van der Waals surface area contributed by atoms with Crippen LogP contribution in [-0.4, -0.2) is 98.8 Å². The fourth-order valence-electron chi connectivity index (χ4n) is 7.30. The van der Waals surface area contributed by atoms with Crippen molar-refractivity contribution in [2.75, 3.05) is 58.2 Å². The van der Waals surface area contributed by atoms with Gasteiger partial charge in [0.25, 0.3) is 5.91 Å². The molecule has 2 N–H and O–H groups in total. The van der Waals surface area contributed by atoms with Crippen LogP contribution in [0.25, 0.3) is 16.7 Å². The first-order valence-electron chi connectivity index (χ1n) is 17.0. The number of rotatable bonds is 8. The van der Waals surface area contributed by atoms with Gasteiger partial charge in [-0.2, -0.15) is 5.26 Å². The van der Waals surface area contributed by atoms with E-state index in [0.717, 1.165) is 39.4 Å². The average molecular weight is 681 g/mol. The summed E-state index contributed by atoms with van der Waals surface area (Å²) in [6.07, 6.45) is 4.68. The number of nitrogens with two attached hydrogens (primary N) is 1. The molecule has 1 amide bonds. The van der Waals surface area contributed by atoms with Crippen LogP contribution >= 0.6 is 0 Å². The molecule has 3 fully saturated rings. The van der Waals surface area contributed by atoms with Gasteiger partial charge < -0.3 is 20.1 Å². The molecule has 3 aliphatic rings. The third kappa shape index (κ3) is 6.37. The van der Waals surface area contributed by atoms with Crippen LogP contribution in [0.5, 0.6) is 11.5 Å². The smallest absolute Gasteiger partial charge is 0.334 e. The predicted molar refractivity (Wildman–Crippen MR) is 187 cm³/mol. The number of halogens is 1. The van der Waals surface area contributed by atoms with Crippen LogP contribution in [0, 0.1) is 17.1 Å². The molecular weight excluding hydrogens is 639 g/mol. The zero-order valence-corrected chi connectivity index (χ0v) is 28.3. The maximum absolute atomic E-state index is 14.3. The molecular formula is C37H41FN8O4. The van der Waals surface area contributed by atoms with Crippen LogP contribution in [-0.2, 0) is 9.53 Å². The molecule has 1 atom stereocenters. The van der Waals surface area contributed by atoms with Gasteiger partial charge in [0, 0.05) is 51.0 Å². The summed E-state index contributed by atoms with van der Waals surface area (Å²) >= 11 is 0. The van der Waals surface area contributed by atoms with Crippen molar-refractivity contribution in [3.8, 4) is 23.3 Å². The quantitative estimate of drug-likeness (QED) is 0.216. The molecule has 5 heterocycles. The second-order valence-corrected chi connectivity index (χ2v) is 13.7. The first kappa shape index (κ1) is 33.5. The Bertz CT molecular complexity index is 2020. The van der Waals surface area contributed by atoms with Gasteiger partial charge in [0.2, 0.25) is 0 Å². The van der Waals surface area contributed by atoms with E-state index in [1.54, 1.807) is 64.2 Å². The number of aromatic nitrogens is 3. The van der Waals surface area contributed by atoms with Gasteiger partial charge in [0.05, 0.1) is 36.5 Å². The number of ether oxygens (including phenoxy) is 2. The number of carbonyl (C=O) groups is 1. The zero-order chi connectivity index (χ0) is 35.0. The molecule has 0 saturated carbocycles. The number of hydrogen-bond acceptors (Lipinski definition) is 9. The summed E-state index contributed by atoms with van der Waals surface area (Å²) in [6.45, 7) is 9.92. The molecule has 0 aliphatic carbocycles. The number of para-hydroxylation sites is 1. The lowest BCUT2D eigenvalue weighted by Gasteiger charge is -2.46. The lowest BCUT2D eigenvalue weighted by molar-refractivity contribution is -0.128. The molecule has 260 valence electrons. The molecule has 2 aromatic carbocycles. The number of nitriles is 1. The van der Waals surface area contributed by atoms with E-state index < -0.39 is 11.4 Å². The molecule has 13 heteroatoms. The predicted octanol–water partition coefficient (Wildman–Crippen LogP) is 4.11. The van der Waals surface area contributed by atoms with Crippen LogP contribution in [0.15, 0.2) is 77.2 Å². The second-order valence-electron chi connectivity index (χ2n) is 13.7. The summed E-state index contributed by atoms with van der Waals surface area (Å²) in [4.78, 5) is 38.9. The summed E-state index contributed by atoms with van der Waals surface area (Å²) in [7, 11) is 0. The molecule has 0 bridgehead atoms. The number of hydrogen-bond donors (Lipinski definition) is 1. The van der Waals surface area contributed by atoms with Gasteiger partial charge in [-0.05, 0) is 75.2 Å². The fraction of sp³-hybridized carbons (Fsp3) is 0.405. The summed E-state index contributed by atoms with van der Waals surface area (Å²) in [6, 6.07) is 16.9. The fourth-order valence-corrected chi connectivity index (χ4v) is 7.30. The number of piperidine rings is 1. The molecule has 3 saturated heterocycles. The monoisotopic (exact) mass is 680 g/mol. The SMILES string of the molecule is CC(C)(C=C(C#N)C(=O)N1CCC[C@@H](n2c(=O)n(-c3ccc(Oc4ccccc4F)cc3)c3c(N)nccc32)C1)N1CCN(C2COC2)CC1. The van der Waals surface area contributed by atoms with Gasteiger partial charge in [-0.3, -0.25) is 23.7 Å². The maximum Gasteiger partial charge on any atom is 0.334 e. The van der Waals surface area contributed by atoms with Gasteiger partial charge in [-0.1, -0.05) is 12.1 Å². The van der Waals surface area contributed by atoms with Gasteiger partial charge in [-0.25, -0.2) is 14.2 Å². The number of nitrogens with zero attached hydrogens (tertiary/aromatic N) is 7. The number of fused-ring (bicyclic) bond motifs is 1. The van der Waals surface area contributed by atoms with Crippen LogP contribution < -0.4 is 16.2 Å². The Labute approximate surface area is 289 Å². The van der Waals surface area contributed by atoms with E-state index in [1.165, 1.54) is 16.7 Å². The number of likely N-dealkylation sites (tertiary alicyclic amines) is 1. The number of nitrogen functional groups attached to an aromatic ring is 1. The van der Waals surface area contributed by atoms with Crippen molar-refractivity contribution >= 4 is 22.8 Å². The molecule has 2 aromatic heterocycles. The highest BCUT2D eigenvalue weighted by atomic mass is 19.1. The highest BCUT2D eigenvalue weighted by Crippen LogP contribution is 2.31. The van der Waals surface area contributed by atoms with Gasteiger partial charge >= 0.3 is 5.69 Å². The van der Waals surface area contributed by atoms with E-state index in [2.05, 4.69) is 20.9 Å². The molecule has 3 aliphatic heterocycles. The molecule has 7 rings (SSSR count).